The molecule has 1 aliphatic rings. The molecule has 5 nitrogen and oxygen atoms in total. The van der Waals surface area contributed by atoms with Crippen LogP contribution in [0.3, 0.4) is 0 Å². The molecule has 146 valence electrons. The third kappa shape index (κ3) is 4.14. The molecule has 7 heteroatoms. The van der Waals surface area contributed by atoms with Crippen LogP contribution in [0.15, 0.2) is 36.0 Å². The lowest BCUT2D eigenvalue weighted by atomic mass is 10.1. The van der Waals surface area contributed by atoms with Crippen LogP contribution in [-0.2, 0) is 4.79 Å². The van der Waals surface area contributed by atoms with Gasteiger partial charge >= 0.3 is 0 Å². The fourth-order valence-corrected chi connectivity index (χ4v) is 4.13. The molecule has 4 rings (SSSR count). The Labute approximate surface area is 167 Å². The summed E-state index contributed by atoms with van der Waals surface area (Å²) in [5.74, 6) is 0.734. The maximum Gasteiger partial charge on any atom is 0.260 e. The van der Waals surface area contributed by atoms with Gasteiger partial charge in [-0.25, -0.2) is 14.4 Å². The number of nitrogens with zero attached hydrogens (tertiary/aromatic N) is 3. The molecule has 0 radical (unpaired) electrons. The van der Waals surface area contributed by atoms with Gasteiger partial charge in [-0.1, -0.05) is 19.1 Å². The molecule has 1 aliphatic carbocycles. The van der Waals surface area contributed by atoms with E-state index in [2.05, 4.69) is 16.9 Å². The summed E-state index contributed by atoms with van der Waals surface area (Å²) in [6.45, 7) is 3.59. The van der Waals surface area contributed by atoms with Gasteiger partial charge in [0, 0.05) is 24.0 Å². The number of carbonyl (C=O) groups excluding carboxylic acids is 1. The molecular weight excluding hydrogens is 377 g/mol. The summed E-state index contributed by atoms with van der Waals surface area (Å²) in [6, 6.07) is 6.29. The van der Waals surface area contributed by atoms with E-state index in [0.717, 1.165) is 40.9 Å². The molecule has 0 aliphatic heterocycles. The maximum absolute atomic E-state index is 13.3. The highest BCUT2D eigenvalue weighted by Crippen LogP contribution is 2.37. The van der Waals surface area contributed by atoms with Crippen molar-refractivity contribution in [2.75, 3.05) is 19.7 Å². The van der Waals surface area contributed by atoms with E-state index in [0.29, 0.717) is 11.8 Å². The van der Waals surface area contributed by atoms with E-state index in [1.807, 2.05) is 10.3 Å². The first-order valence-corrected chi connectivity index (χ1v) is 10.4. The second-order valence-corrected chi connectivity index (χ2v) is 7.95. The fraction of sp³-hybridized carbons (Fsp3) is 0.381. The first-order chi connectivity index (χ1) is 13.7. The van der Waals surface area contributed by atoms with Crippen molar-refractivity contribution in [3.63, 3.8) is 0 Å². The Morgan fingerprint density at radius 3 is 2.79 bits per heavy atom. The molecule has 1 saturated carbocycles. The number of aromatic nitrogens is 2. The van der Waals surface area contributed by atoms with Crippen LogP contribution in [0.4, 0.5) is 4.39 Å². The predicted octanol–water partition coefficient (Wildman–Crippen LogP) is 4.52. The Morgan fingerprint density at radius 1 is 1.29 bits per heavy atom. The van der Waals surface area contributed by atoms with E-state index in [9.17, 15) is 9.18 Å². The number of fused-ring (bicyclic) bond motifs is 1. The summed E-state index contributed by atoms with van der Waals surface area (Å²) in [5, 5.41) is 2.72. The molecule has 3 aromatic rings. The van der Waals surface area contributed by atoms with Gasteiger partial charge in [0.1, 0.15) is 17.0 Å². The molecule has 1 aromatic carbocycles. The molecular formula is C21H22FN3O2S. The largest absolute Gasteiger partial charge is 0.467 e. The maximum atomic E-state index is 13.3. The summed E-state index contributed by atoms with van der Waals surface area (Å²) in [4.78, 5) is 23.9. The number of amides is 1. The monoisotopic (exact) mass is 399 g/mol. The number of hydrogen-bond acceptors (Lipinski definition) is 5. The summed E-state index contributed by atoms with van der Waals surface area (Å²) in [5.41, 5.74) is 1.74. The highest BCUT2D eigenvalue weighted by atomic mass is 32.1. The lowest BCUT2D eigenvalue weighted by Crippen LogP contribution is -2.37. The van der Waals surface area contributed by atoms with E-state index in [1.54, 1.807) is 12.1 Å². The van der Waals surface area contributed by atoms with Gasteiger partial charge in [0.15, 0.2) is 6.61 Å². The van der Waals surface area contributed by atoms with Gasteiger partial charge in [-0.15, -0.1) is 11.3 Å². The molecule has 0 spiro atoms. The smallest absolute Gasteiger partial charge is 0.260 e. The molecule has 0 unspecified atom stereocenters. The van der Waals surface area contributed by atoms with Crippen molar-refractivity contribution in [2.24, 2.45) is 5.92 Å². The lowest BCUT2D eigenvalue weighted by molar-refractivity contribution is -0.133. The number of rotatable bonds is 8. The number of carbonyl (C=O) groups is 1. The van der Waals surface area contributed by atoms with Crippen LogP contribution in [0.2, 0.25) is 0 Å². The van der Waals surface area contributed by atoms with E-state index < -0.39 is 0 Å². The normalized spacial score (nSPS) is 13.6. The predicted molar refractivity (Wildman–Crippen MR) is 108 cm³/mol. The van der Waals surface area contributed by atoms with Gasteiger partial charge in [-0.3, -0.25) is 4.79 Å². The zero-order valence-electron chi connectivity index (χ0n) is 15.7. The van der Waals surface area contributed by atoms with Crippen molar-refractivity contribution in [3.05, 3.63) is 41.8 Å². The zero-order chi connectivity index (χ0) is 19.5. The third-order valence-corrected chi connectivity index (χ3v) is 5.73. The Kier molecular flexibility index (Phi) is 5.52. The van der Waals surface area contributed by atoms with Gasteiger partial charge < -0.3 is 9.64 Å². The Bertz CT molecular complexity index is 969. The second kappa shape index (κ2) is 8.22. The van der Waals surface area contributed by atoms with Crippen molar-refractivity contribution in [1.82, 2.24) is 14.9 Å². The lowest BCUT2D eigenvalue weighted by Gasteiger charge is -2.22. The molecule has 2 aromatic heterocycles. The number of thiophene rings is 1. The molecule has 1 amide bonds. The van der Waals surface area contributed by atoms with Crippen molar-refractivity contribution in [3.8, 4) is 17.0 Å². The van der Waals surface area contributed by atoms with Gasteiger partial charge in [-0.05, 0) is 42.9 Å². The van der Waals surface area contributed by atoms with Crippen molar-refractivity contribution in [2.45, 2.75) is 26.2 Å². The molecule has 0 N–H and O–H groups in total. The first kappa shape index (κ1) is 18.8. The topological polar surface area (TPSA) is 55.3 Å². The zero-order valence-corrected chi connectivity index (χ0v) is 16.5. The molecule has 2 heterocycles. The van der Waals surface area contributed by atoms with E-state index >= 15 is 0 Å². The van der Waals surface area contributed by atoms with Crippen LogP contribution >= 0.6 is 11.3 Å². The Hall–Kier alpha value is -2.54. The molecule has 1 fully saturated rings. The van der Waals surface area contributed by atoms with Crippen LogP contribution in [0, 0.1) is 11.7 Å². The number of benzene rings is 1. The van der Waals surface area contributed by atoms with Crippen LogP contribution in [-0.4, -0.2) is 40.5 Å². The summed E-state index contributed by atoms with van der Waals surface area (Å²) >= 11 is 1.47. The highest BCUT2D eigenvalue weighted by molar-refractivity contribution is 7.17. The van der Waals surface area contributed by atoms with Crippen LogP contribution < -0.4 is 4.74 Å². The van der Waals surface area contributed by atoms with Crippen LogP contribution in [0.25, 0.3) is 21.3 Å². The first-order valence-electron chi connectivity index (χ1n) is 9.54. The van der Waals surface area contributed by atoms with Gasteiger partial charge in [0.2, 0.25) is 5.88 Å². The molecule has 0 bridgehead atoms. The van der Waals surface area contributed by atoms with Gasteiger partial charge in [0.25, 0.3) is 5.91 Å². The quantitative estimate of drug-likeness (QED) is 0.559. The van der Waals surface area contributed by atoms with Gasteiger partial charge in [0.05, 0.1) is 5.39 Å². The standard InChI is InChI=1S/C21H22FN3O2S/c1-2-9-25(10-14-3-4-14)18(26)11-27-20-19-17(12-28-21(19)24-13-23-20)15-5-7-16(22)8-6-15/h5-8,12-14H,2-4,9-11H2,1H3. The van der Waals surface area contributed by atoms with Crippen LogP contribution in [0.5, 0.6) is 5.88 Å². The minimum atomic E-state index is -0.284. The number of ether oxygens (including phenoxy) is 1. The summed E-state index contributed by atoms with van der Waals surface area (Å²) in [6.07, 6.45) is 4.78. The highest BCUT2D eigenvalue weighted by Gasteiger charge is 2.26. The van der Waals surface area contributed by atoms with E-state index in [-0.39, 0.29) is 18.3 Å². The van der Waals surface area contributed by atoms with E-state index in [1.165, 1.54) is 42.6 Å². The number of hydrogen-bond donors (Lipinski definition) is 0. The average Bonchev–Trinajstić information content (AvgIpc) is 3.42. The fourth-order valence-electron chi connectivity index (χ4n) is 3.22. The van der Waals surface area contributed by atoms with Crippen molar-refractivity contribution < 1.29 is 13.9 Å². The second-order valence-electron chi connectivity index (χ2n) is 7.09. The molecule has 28 heavy (non-hydrogen) atoms. The summed E-state index contributed by atoms with van der Waals surface area (Å²) in [7, 11) is 0. The molecule has 0 atom stereocenters. The van der Waals surface area contributed by atoms with Gasteiger partial charge in [-0.2, -0.15) is 0 Å². The van der Waals surface area contributed by atoms with Crippen LogP contribution in [0.1, 0.15) is 26.2 Å². The van der Waals surface area contributed by atoms with Crippen molar-refractivity contribution in [1.29, 1.82) is 0 Å². The van der Waals surface area contributed by atoms with E-state index in [4.69, 9.17) is 4.74 Å². The SMILES string of the molecule is CCCN(CC1CC1)C(=O)COc1ncnc2scc(-c3ccc(F)cc3)c12. The Balaban J connectivity index is 1.55. The Morgan fingerprint density at radius 2 is 2.07 bits per heavy atom. The average molecular weight is 399 g/mol. The summed E-state index contributed by atoms with van der Waals surface area (Å²) < 4.78 is 19.1. The third-order valence-electron chi connectivity index (χ3n) is 4.84. The minimum Gasteiger partial charge on any atom is -0.467 e. The van der Waals surface area contributed by atoms with Crippen molar-refractivity contribution >= 4 is 27.5 Å². The minimum absolute atomic E-state index is 0.0147. The number of halogens is 1. The molecule has 0 saturated heterocycles.